The number of hydrogen-bond donors (Lipinski definition) is 1. The quantitative estimate of drug-likeness (QED) is 0.778. The van der Waals surface area contributed by atoms with Crippen molar-refractivity contribution in [3.05, 3.63) is 45.2 Å². The lowest BCUT2D eigenvalue weighted by atomic mass is 9.98. The minimum absolute atomic E-state index is 0.168. The topological polar surface area (TPSA) is 32.9 Å². The summed E-state index contributed by atoms with van der Waals surface area (Å²) in [6.07, 6.45) is 0. The normalized spacial score (nSPS) is 11.3. The number of H-pyrrole nitrogens is 1. The number of pyridine rings is 1. The van der Waals surface area contributed by atoms with Crippen LogP contribution in [0.1, 0.15) is 36.6 Å². The molecule has 0 bridgehead atoms. The van der Waals surface area contributed by atoms with Gasteiger partial charge in [-0.05, 0) is 37.5 Å². The van der Waals surface area contributed by atoms with Crippen molar-refractivity contribution in [3.63, 3.8) is 0 Å². The van der Waals surface area contributed by atoms with E-state index in [0.717, 1.165) is 22.2 Å². The number of aryl methyl sites for hydroxylation is 2. The first-order valence-electron chi connectivity index (χ1n) is 5.64. The average Bonchev–Trinajstić information content (AvgIpc) is 2.15. The van der Waals surface area contributed by atoms with Gasteiger partial charge in [0, 0.05) is 22.2 Å². The summed E-state index contributed by atoms with van der Waals surface area (Å²) >= 11 is 0. The Balaban J connectivity index is 2.89. The maximum Gasteiger partial charge on any atom is 0.193 e. The highest BCUT2D eigenvalue weighted by Gasteiger charge is 2.11. The second kappa shape index (κ2) is 3.78. The van der Waals surface area contributed by atoms with E-state index in [1.165, 1.54) is 5.56 Å². The highest BCUT2D eigenvalue weighted by atomic mass is 16.1. The Morgan fingerprint density at radius 3 is 2.50 bits per heavy atom. The molecule has 16 heavy (non-hydrogen) atoms. The molecular formula is C14H17NO. The first-order valence-corrected chi connectivity index (χ1v) is 5.64. The second-order valence-electron chi connectivity index (χ2n) is 4.70. The van der Waals surface area contributed by atoms with Crippen LogP contribution in [0, 0.1) is 13.8 Å². The predicted octanol–water partition coefficient (Wildman–Crippen LogP) is 3.27. The summed E-state index contributed by atoms with van der Waals surface area (Å²) in [6.45, 7) is 8.11. The largest absolute Gasteiger partial charge is 0.358 e. The lowest BCUT2D eigenvalue weighted by Gasteiger charge is -2.11. The Kier molecular flexibility index (Phi) is 2.58. The highest BCUT2D eigenvalue weighted by Crippen LogP contribution is 2.18. The SMILES string of the molecule is Cc1ccc2c(=O)c(C(C)C)c(C)[nH]c2c1. The number of fused-ring (bicyclic) bond motifs is 1. The van der Waals surface area contributed by atoms with E-state index in [9.17, 15) is 4.79 Å². The molecule has 84 valence electrons. The first-order chi connectivity index (χ1) is 7.50. The Bertz CT molecular complexity index is 593. The molecule has 0 fully saturated rings. The minimum Gasteiger partial charge on any atom is -0.358 e. The second-order valence-corrected chi connectivity index (χ2v) is 4.70. The molecule has 2 aromatic rings. The monoisotopic (exact) mass is 215 g/mol. The van der Waals surface area contributed by atoms with E-state index in [-0.39, 0.29) is 11.3 Å². The fourth-order valence-corrected chi connectivity index (χ4v) is 2.24. The number of benzene rings is 1. The van der Waals surface area contributed by atoms with E-state index >= 15 is 0 Å². The van der Waals surface area contributed by atoms with Gasteiger partial charge in [-0.15, -0.1) is 0 Å². The molecule has 0 aliphatic carbocycles. The van der Waals surface area contributed by atoms with Gasteiger partial charge >= 0.3 is 0 Å². The third-order valence-electron chi connectivity index (χ3n) is 2.97. The van der Waals surface area contributed by atoms with Crippen molar-refractivity contribution in [1.82, 2.24) is 4.98 Å². The highest BCUT2D eigenvalue weighted by molar-refractivity contribution is 5.80. The molecule has 0 atom stereocenters. The molecule has 1 N–H and O–H groups in total. The van der Waals surface area contributed by atoms with E-state index in [1.807, 2.05) is 32.0 Å². The fraction of sp³-hybridized carbons (Fsp3) is 0.357. The van der Waals surface area contributed by atoms with Gasteiger partial charge in [0.1, 0.15) is 0 Å². The van der Waals surface area contributed by atoms with Gasteiger partial charge in [-0.2, -0.15) is 0 Å². The van der Waals surface area contributed by atoms with Crippen LogP contribution < -0.4 is 5.43 Å². The molecule has 0 aliphatic heterocycles. The zero-order valence-electron chi connectivity index (χ0n) is 10.2. The first kappa shape index (κ1) is 10.9. The molecule has 1 aromatic heterocycles. The molecule has 0 saturated heterocycles. The average molecular weight is 215 g/mol. The minimum atomic E-state index is 0.168. The summed E-state index contributed by atoms with van der Waals surface area (Å²) in [4.78, 5) is 15.6. The summed E-state index contributed by atoms with van der Waals surface area (Å²) in [6, 6.07) is 5.92. The van der Waals surface area contributed by atoms with Gasteiger partial charge in [0.25, 0.3) is 0 Å². The maximum absolute atomic E-state index is 12.3. The predicted molar refractivity (Wildman–Crippen MR) is 68.1 cm³/mol. The number of rotatable bonds is 1. The summed E-state index contributed by atoms with van der Waals surface area (Å²) in [5.74, 6) is 0.259. The lowest BCUT2D eigenvalue weighted by Crippen LogP contribution is -2.14. The molecule has 1 heterocycles. The molecule has 0 amide bonds. The van der Waals surface area contributed by atoms with Gasteiger partial charge < -0.3 is 4.98 Å². The van der Waals surface area contributed by atoms with Gasteiger partial charge in [0.15, 0.2) is 5.43 Å². The summed E-state index contributed by atoms with van der Waals surface area (Å²) in [5.41, 5.74) is 4.16. The number of nitrogens with one attached hydrogen (secondary N) is 1. The molecule has 0 saturated carbocycles. The zero-order valence-corrected chi connectivity index (χ0v) is 10.2. The van der Waals surface area contributed by atoms with Crippen LogP contribution in [0.3, 0.4) is 0 Å². The smallest absolute Gasteiger partial charge is 0.193 e. The standard InChI is InChI=1S/C14H17NO/c1-8(2)13-10(4)15-12-7-9(3)5-6-11(12)14(13)16/h5-8H,1-4H3,(H,15,16). The van der Waals surface area contributed by atoms with Crippen molar-refractivity contribution in [3.8, 4) is 0 Å². The Labute approximate surface area is 95.3 Å². The van der Waals surface area contributed by atoms with Crippen LogP contribution in [0.4, 0.5) is 0 Å². The third-order valence-corrected chi connectivity index (χ3v) is 2.97. The van der Waals surface area contributed by atoms with Gasteiger partial charge in [-0.3, -0.25) is 4.79 Å². The molecule has 1 aromatic carbocycles. The van der Waals surface area contributed by atoms with Gasteiger partial charge in [-0.25, -0.2) is 0 Å². The van der Waals surface area contributed by atoms with Crippen molar-refractivity contribution < 1.29 is 0 Å². The Morgan fingerprint density at radius 2 is 1.88 bits per heavy atom. The van der Waals surface area contributed by atoms with Crippen LogP contribution in [0.5, 0.6) is 0 Å². The summed E-state index contributed by atoms with van der Waals surface area (Å²) < 4.78 is 0. The number of aromatic nitrogens is 1. The van der Waals surface area contributed by atoms with E-state index < -0.39 is 0 Å². The fourth-order valence-electron chi connectivity index (χ4n) is 2.24. The molecule has 2 heteroatoms. The van der Waals surface area contributed by atoms with Crippen LogP contribution in [-0.2, 0) is 0 Å². The Morgan fingerprint density at radius 1 is 1.19 bits per heavy atom. The Hall–Kier alpha value is -1.57. The number of aromatic amines is 1. The third kappa shape index (κ3) is 1.64. The molecule has 0 spiro atoms. The van der Waals surface area contributed by atoms with Crippen molar-refractivity contribution >= 4 is 10.9 Å². The van der Waals surface area contributed by atoms with Crippen molar-refractivity contribution in [2.45, 2.75) is 33.6 Å². The molecule has 2 rings (SSSR count). The van der Waals surface area contributed by atoms with Gasteiger partial charge in [0.2, 0.25) is 0 Å². The van der Waals surface area contributed by atoms with Crippen LogP contribution in [0.25, 0.3) is 10.9 Å². The van der Waals surface area contributed by atoms with Gasteiger partial charge in [-0.1, -0.05) is 19.9 Å². The van der Waals surface area contributed by atoms with Crippen molar-refractivity contribution in [2.24, 2.45) is 0 Å². The van der Waals surface area contributed by atoms with E-state index in [2.05, 4.69) is 18.8 Å². The molecular weight excluding hydrogens is 198 g/mol. The number of hydrogen-bond acceptors (Lipinski definition) is 1. The lowest BCUT2D eigenvalue weighted by molar-refractivity contribution is 0.839. The van der Waals surface area contributed by atoms with Crippen LogP contribution in [-0.4, -0.2) is 4.98 Å². The summed E-state index contributed by atoms with van der Waals surface area (Å²) in [7, 11) is 0. The molecule has 0 radical (unpaired) electrons. The van der Waals surface area contributed by atoms with Gasteiger partial charge in [0.05, 0.1) is 0 Å². The van der Waals surface area contributed by atoms with E-state index in [1.54, 1.807) is 0 Å². The molecule has 0 aliphatic rings. The zero-order chi connectivity index (χ0) is 11.9. The van der Waals surface area contributed by atoms with Crippen molar-refractivity contribution in [2.75, 3.05) is 0 Å². The van der Waals surface area contributed by atoms with E-state index in [0.29, 0.717) is 0 Å². The maximum atomic E-state index is 12.3. The van der Waals surface area contributed by atoms with Crippen LogP contribution in [0.2, 0.25) is 0 Å². The molecule has 0 unspecified atom stereocenters. The van der Waals surface area contributed by atoms with E-state index in [4.69, 9.17) is 0 Å². The summed E-state index contributed by atoms with van der Waals surface area (Å²) in [5, 5.41) is 0.792. The van der Waals surface area contributed by atoms with Crippen LogP contribution in [0.15, 0.2) is 23.0 Å². The molecule has 2 nitrogen and oxygen atoms in total. The van der Waals surface area contributed by atoms with Crippen molar-refractivity contribution in [1.29, 1.82) is 0 Å². The van der Waals surface area contributed by atoms with Crippen LogP contribution >= 0.6 is 0 Å².